The van der Waals surface area contributed by atoms with Crippen LogP contribution in [0.15, 0.2) is 18.3 Å². The number of carbonyl (C=O) groups excluding carboxylic acids is 2. The highest BCUT2D eigenvalue weighted by Crippen LogP contribution is 2.25. The lowest BCUT2D eigenvalue weighted by molar-refractivity contribution is 0.0641. The van der Waals surface area contributed by atoms with Crippen molar-refractivity contribution in [2.45, 2.75) is 47.0 Å². The Balaban J connectivity index is 1.45. The van der Waals surface area contributed by atoms with Crippen molar-refractivity contribution in [2.75, 3.05) is 13.1 Å². The normalized spacial score (nSPS) is 15.2. The van der Waals surface area contributed by atoms with Crippen molar-refractivity contribution in [3.63, 3.8) is 0 Å². The van der Waals surface area contributed by atoms with Gasteiger partial charge in [0.2, 0.25) is 0 Å². The second-order valence-corrected chi connectivity index (χ2v) is 9.01. The predicted octanol–water partition coefficient (Wildman–Crippen LogP) is 3.01. The Morgan fingerprint density at radius 3 is 2.55 bits per heavy atom. The number of rotatable bonds is 5. The summed E-state index contributed by atoms with van der Waals surface area (Å²) in [5.41, 5.74) is 4.56. The molecule has 1 aliphatic heterocycles. The molecule has 3 aromatic rings. The Kier molecular flexibility index (Phi) is 5.64. The number of hydrogen-bond acceptors (Lipinski definition) is 5. The molecule has 0 aromatic carbocycles. The number of aryl methyl sites for hydroxylation is 3. The van der Waals surface area contributed by atoms with E-state index < -0.39 is 0 Å². The maximum absolute atomic E-state index is 13.2. The van der Waals surface area contributed by atoms with Crippen molar-refractivity contribution in [2.24, 2.45) is 18.9 Å². The molecule has 0 saturated carbocycles. The lowest BCUT2D eigenvalue weighted by Crippen LogP contribution is -2.41. The van der Waals surface area contributed by atoms with Crippen molar-refractivity contribution >= 4 is 17.3 Å². The van der Waals surface area contributed by atoms with E-state index in [9.17, 15) is 9.59 Å². The highest BCUT2D eigenvalue weighted by molar-refractivity contribution is 6.03. The Labute approximate surface area is 182 Å². The summed E-state index contributed by atoms with van der Waals surface area (Å²) in [7, 11) is 1.81. The van der Waals surface area contributed by atoms with E-state index in [0.717, 1.165) is 23.5 Å². The van der Waals surface area contributed by atoms with E-state index in [1.54, 1.807) is 15.4 Å². The van der Waals surface area contributed by atoms with Crippen molar-refractivity contribution in [1.82, 2.24) is 29.3 Å². The first-order valence-electron chi connectivity index (χ1n) is 10.9. The molecule has 0 atom stereocenters. The van der Waals surface area contributed by atoms with Crippen LogP contribution < -0.4 is 0 Å². The Bertz CT molecular complexity index is 1130. The molecule has 1 fully saturated rings. The molecular weight excluding hydrogens is 392 g/mol. The molecule has 0 radical (unpaired) electrons. The first-order chi connectivity index (χ1) is 14.7. The van der Waals surface area contributed by atoms with Crippen LogP contribution in [-0.2, 0) is 13.5 Å². The van der Waals surface area contributed by atoms with Crippen LogP contribution in [0.2, 0.25) is 0 Å². The third-order valence-electron chi connectivity index (χ3n) is 5.96. The molecule has 4 rings (SSSR count). The van der Waals surface area contributed by atoms with E-state index in [-0.39, 0.29) is 17.6 Å². The summed E-state index contributed by atoms with van der Waals surface area (Å²) in [6.07, 6.45) is 3.76. The lowest BCUT2D eigenvalue weighted by Gasteiger charge is -2.31. The maximum Gasteiger partial charge on any atom is 0.272 e. The molecule has 0 aliphatic carbocycles. The monoisotopic (exact) mass is 422 g/mol. The molecule has 3 aromatic heterocycles. The summed E-state index contributed by atoms with van der Waals surface area (Å²) in [6.45, 7) is 9.27. The van der Waals surface area contributed by atoms with Crippen LogP contribution in [0.25, 0.3) is 5.65 Å². The number of likely N-dealkylation sites (tertiary alicyclic amines) is 1. The van der Waals surface area contributed by atoms with E-state index in [1.807, 2.05) is 37.9 Å². The zero-order valence-electron chi connectivity index (χ0n) is 18.9. The summed E-state index contributed by atoms with van der Waals surface area (Å²) in [6, 6.07) is 3.85. The van der Waals surface area contributed by atoms with Crippen molar-refractivity contribution in [3.8, 4) is 0 Å². The number of nitrogens with zero attached hydrogens (tertiary/aromatic N) is 6. The molecule has 8 nitrogen and oxygen atoms in total. The van der Waals surface area contributed by atoms with Crippen LogP contribution in [0.1, 0.15) is 64.6 Å². The van der Waals surface area contributed by atoms with Gasteiger partial charge in [-0.1, -0.05) is 13.8 Å². The number of piperidine rings is 1. The van der Waals surface area contributed by atoms with Gasteiger partial charge in [0.1, 0.15) is 5.69 Å². The fourth-order valence-corrected chi connectivity index (χ4v) is 4.42. The minimum absolute atomic E-state index is 0.0141. The van der Waals surface area contributed by atoms with Crippen LogP contribution in [0.3, 0.4) is 0 Å². The Morgan fingerprint density at radius 1 is 1.16 bits per heavy atom. The van der Waals surface area contributed by atoms with Crippen LogP contribution in [0.4, 0.5) is 0 Å². The number of carbonyl (C=O) groups is 2. The third-order valence-corrected chi connectivity index (χ3v) is 5.96. The zero-order chi connectivity index (χ0) is 22.3. The molecule has 164 valence electrons. The summed E-state index contributed by atoms with van der Waals surface area (Å²) in [4.78, 5) is 32.6. The van der Waals surface area contributed by atoms with Crippen molar-refractivity contribution in [3.05, 3.63) is 46.7 Å². The minimum atomic E-state index is -0.122. The predicted molar refractivity (Wildman–Crippen MR) is 117 cm³/mol. The van der Waals surface area contributed by atoms with Gasteiger partial charge in [0.15, 0.2) is 11.4 Å². The number of ketones is 1. The smallest absolute Gasteiger partial charge is 0.272 e. The summed E-state index contributed by atoms with van der Waals surface area (Å²) in [5.74, 6) is 0.420. The average molecular weight is 423 g/mol. The van der Waals surface area contributed by atoms with E-state index in [4.69, 9.17) is 0 Å². The molecular formula is C23H30N6O2. The number of fused-ring (bicyclic) bond motifs is 1. The molecule has 0 unspecified atom stereocenters. The standard InChI is InChI=1S/C23H30N6O2/c1-14(2)10-18-12-20(27(5)26-18)23(31)28-8-6-17(7-9-28)21(30)19-13-24-29-16(4)11-15(3)25-22(19)29/h11-14,17H,6-10H2,1-5H3. The Hall–Kier alpha value is -3.03. The molecule has 4 heterocycles. The van der Waals surface area contributed by atoms with Gasteiger partial charge in [0, 0.05) is 37.4 Å². The van der Waals surface area contributed by atoms with E-state index in [1.165, 1.54) is 0 Å². The highest BCUT2D eigenvalue weighted by Gasteiger charge is 2.31. The zero-order valence-corrected chi connectivity index (χ0v) is 18.9. The summed E-state index contributed by atoms with van der Waals surface area (Å²) >= 11 is 0. The van der Waals surface area contributed by atoms with Gasteiger partial charge < -0.3 is 4.90 Å². The van der Waals surface area contributed by atoms with Gasteiger partial charge in [0.25, 0.3) is 5.91 Å². The molecule has 0 spiro atoms. The van der Waals surface area contributed by atoms with Crippen LogP contribution >= 0.6 is 0 Å². The fourth-order valence-electron chi connectivity index (χ4n) is 4.42. The number of hydrogen-bond donors (Lipinski definition) is 0. The van der Waals surface area contributed by atoms with Crippen LogP contribution in [0.5, 0.6) is 0 Å². The molecule has 1 amide bonds. The maximum atomic E-state index is 13.2. The van der Waals surface area contributed by atoms with E-state index in [2.05, 4.69) is 29.0 Å². The first-order valence-corrected chi connectivity index (χ1v) is 10.9. The van der Waals surface area contributed by atoms with Gasteiger partial charge in [-0.05, 0) is 51.2 Å². The largest absolute Gasteiger partial charge is 0.337 e. The third kappa shape index (κ3) is 4.11. The van der Waals surface area contributed by atoms with Gasteiger partial charge in [0.05, 0.1) is 17.5 Å². The topological polar surface area (TPSA) is 85.4 Å². The quantitative estimate of drug-likeness (QED) is 0.590. The van der Waals surface area contributed by atoms with Crippen LogP contribution in [-0.4, -0.2) is 54.1 Å². The SMILES string of the molecule is Cc1cc(C)n2ncc(C(=O)C3CCN(C(=O)c4cc(CC(C)C)nn4C)CC3)c2n1. The van der Waals surface area contributed by atoms with Crippen LogP contribution in [0, 0.1) is 25.7 Å². The summed E-state index contributed by atoms with van der Waals surface area (Å²) < 4.78 is 3.39. The van der Waals surface area contributed by atoms with Gasteiger partial charge in [-0.2, -0.15) is 10.2 Å². The minimum Gasteiger partial charge on any atom is -0.337 e. The van der Waals surface area contributed by atoms with Crippen molar-refractivity contribution in [1.29, 1.82) is 0 Å². The molecule has 1 saturated heterocycles. The molecule has 31 heavy (non-hydrogen) atoms. The lowest BCUT2D eigenvalue weighted by atomic mass is 9.89. The van der Waals surface area contributed by atoms with Gasteiger partial charge in [-0.3, -0.25) is 14.3 Å². The molecule has 8 heteroatoms. The second-order valence-electron chi connectivity index (χ2n) is 9.01. The number of amides is 1. The molecule has 0 N–H and O–H groups in total. The first kappa shape index (κ1) is 21.2. The average Bonchev–Trinajstić information content (AvgIpc) is 3.30. The van der Waals surface area contributed by atoms with Crippen molar-refractivity contribution < 1.29 is 9.59 Å². The van der Waals surface area contributed by atoms with Gasteiger partial charge >= 0.3 is 0 Å². The Morgan fingerprint density at radius 2 is 1.87 bits per heavy atom. The second kappa shape index (κ2) is 8.24. The summed E-state index contributed by atoms with van der Waals surface area (Å²) in [5, 5.41) is 8.84. The molecule has 0 bridgehead atoms. The fraction of sp³-hybridized carbons (Fsp3) is 0.522. The number of aromatic nitrogens is 5. The van der Waals surface area contributed by atoms with Gasteiger partial charge in [-0.25, -0.2) is 9.50 Å². The van der Waals surface area contributed by atoms with Gasteiger partial charge in [-0.15, -0.1) is 0 Å². The molecule has 1 aliphatic rings. The van der Waals surface area contributed by atoms with E-state index >= 15 is 0 Å². The van der Waals surface area contributed by atoms with E-state index in [0.29, 0.717) is 48.8 Å². The highest BCUT2D eigenvalue weighted by atomic mass is 16.2. The number of Topliss-reactive ketones (excluding diaryl/α,β-unsaturated/α-hetero) is 1.